The summed E-state index contributed by atoms with van der Waals surface area (Å²) in [5.74, 6) is -1.57. The molecule has 0 saturated carbocycles. The Bertz CT molecular complexity index is 1240. The van der Waals surface area contributed by atoms with Gasteiger partial charge in [0.2, 0.25) is 21.8 Å². The van der Waals surface area contributed by atoms with Crippen molar-refractivity contribution in [3.8, 4) is 5.75 Å². The number of rotatable bonds is 11. The van der Waals surface area contributed by atoms with E-state index in [1.807, 2.05) is 0 Å². The van der Waals surface area contributed by atoms with Crippen molar-refractivity contribution >= 4 is 51.0 Å². The monoisotopic (exact) mass is 571 g/mol. The average molecular weight is 572 g/mol. The maximum atomic E-state index is 13.2. The van der Waals surface area contributed by atoms with E-state index >= 15 is 0 Å². The molecular formula is C24H27Cl2N3O7S. The van der Waals surface area contributed by atoms with Gasteiger partial charge in [-0.2, -0.15) is 4.31 Å². The lowest BCUT2D eigenvalue weighted by molar-refractivity contribution is -0.142. The number of carbonyl (C=O) groups excluding carboxylic acids is 2. The quantitative estimate of drug-likeness (QED) is 0.351. The number of carboxylic acid groups (broad SMARTS) is 1. The molecule has 3 rings (SSSR count). The molecule has 3 N–H and O–H groups in total. The van der Waals surface area contributed by atoms with E-state index in [-0.39, 0.29) is 46.8 Å². The number of hydrogen-bond acceptors (Lipinski definition) is 6. The second-order valence-corrected chi connectivity index (χ2v) is 11.2. The number of nitrogens with zero attached hydrogens (tertiary/aromatic N) is 1. The lowest BCUT2D eigenvalue weighted by atomic mass is 10.1. The zero-order chi connectivity index (χ0) is 27.2. The molecule has 2 atom stereocenters. The van der Waals surface area contributed by atoms with Crippen molar-refractivity contribution in [1.29, 1.82) is 0 Å². The number of aliphatic carboxylic acids is 1. The minimum atomic E-state index is -4.09. The van der Waals surface area contributed by atoms with Crippen LogP contribution in [0.1, 0.15) is 25.3 Å². The van der Waals surface area contributed by atoms with E-state index in [1.165, 1.54) is 25.1 Å². The van der Waals surface area contributed by atoms with E-state index in [9.17, 15) is 27.9 Å². The van der Waals surface area contributed by atoms with Gasteiger partial charge in [0.05, 0.1) is 11.4 Å². The number of sulfonamides is 1. The summed E-state index contributed by atoms with van der Waals surface area (Å²) in [6.07, 6.45) is 0.666. The van der Waals surface area contributed by atoms with E-state index in [2.05, 4.69) is 10.6 Å². The number of carboxylic acids is 1. The molecule has 1 aliphatic heterocycles. The zero-order valence-electron chi connectivity index (χ0n) is 19.9. The van der Waals surface area contributed by atoms with Crippen LogP contribution in [0.5, 0.6) is 5.75 Å². The first kappa shape index (κ1) is 28.7. The molecule has 0 spiro atoms. The maximum absolute atomic E-state index is 13.2. The van der Waals surface area contributed by atoms with E-state index in [0.717, 1.165) is 4.31 Å². The summed E-state index contributed by atoms with van der Waals surface area (Å²) in [6.45, 7) is 2.13. The van der Waals surface area contributed by atoms with Crippen LogP contribution in [0.15, 0.2) is 47.4 Å². The van der Waals surface area contributed by atoms with Gasteiger partial charge in [-0.3, -0.25) is 9.59 Å². The lowest BCUT2D eigenvalue weighted by Crippen LogP contribution is -2.51. The summed E-state index contributed by atoms with van der Waals surface area (Å²) in [6, 6.07) is 8.23. The van der Waals surface area contributed by atoms with Crippen LogP contribution < -0.4 is 15.4 Å². The van der Waals surface area contributed by atoms with Crippen molar-refractivity contribution in [3.63, 3.8) is 0 Å². The number of ether oxygens (including phenoxy) is 1. The number of benzene rings is 2. The lowest BCUT2D eigenvalue weighted by Gasteiger charge is -2.25. The van der Waals surface area contributed by atoms with Gasteiger partial charge >= 0.3 is 5.97 Å². The van der Waals surface area contributed by atoms with Crippen LogP contribution in [0.4, 0.5) is 0 Å². The summed E-state index contributed by atoms with van der Waals surface area (Å²) in [4.78, 5) is 35.7. The molecule has 1 fully saturated rings. The Morgan fingerprint density at radius 2 is 1.78 bits per heavy atom. The van der Waals surface area contributed by atoms with Crippen molar-refractivity contribution in [2.75, 3.05) is 19.7 Å². The van der Waals surface area contributed by atoms with Crippen molar-refractivity contribution in [2.45, 2.75) is 43.2 Å². The largest absolute Gasteiger partial charge is 0.492 e. The van der Waals surface area contributed by atoms with Crippen molar-refractivity contribution < 1.29 is 32.6 Å². The minimum absolute atomic E-state index is 0.0172. The topological polar surface area (TPSA) is 142 Å². The molecule has 37 heavy (non-hydrogen) atoms. The Morgan fingerprint density at radius 3 is 2.38 bits per heavy atom. The Morgan fingerprint density at radius 1 is 1.14 bits per heavy atom. The zero-order valence-corrected chi connectivity index (χ0v) is 22.3. The minimum Gasteiger partial charge on any atom is -0.492 e. The summed E-state index contributed by atoms with van der Waals surface area (Å²) >= 11 is 11.9. The third kappa shape index (κ3) is 7.81. The van der Waals surface area contributed by atoms with Gasteiger partial charge in [0.25, 0.3) is 0 Å². The van der Waals surface area contributed by atoms with E-state index in [4.69, 9.17) is 27.9 Å². The number of hydrogen-bond donors (Lipinski definition) is 3. The molecule has 1 aliphatic rings. The molecule has 2 amide bonds. The molecule has 10 nitrogen and oxygen atoms in total. The molecule has 0 bridgehead atoms. The van der Waals surface area contributed by atoms with E-state index in [1.54, 1.807) is 24.3 Å². The van der Waals surface area contributed by atoms with Gasteiger partial charge < -0.3 is 20.5 Å². The van der Waals surface area contributed by atoms with Crippen molar-refractivity contribution in [3.05, 3.63) is 58.1 Å². The average Bonchev–Trinajstić information content (AvgIpc) is 3.33. The molecule has 0 unspecified atom stereocenters. The van der Waals surface area contributed by atoms with Crippen LogP contribution in [0.3, 0.4) is 0 Å². The Kier molecular flexibility index (Phi) is 9.77. The van der Waals surface area contributed by atoms with Gasteiger partial charge in [-0.05, 0) is 48.7 Å². The number of halogens is 2. The SMILES string of the molecule is CC(=O)NCCOc1ccc(C[C@H](NC(=O)[C@@H]2CCCN2S(=O)(=O)c2cc(Cl)cc(Cl)c2)C(=O)O)cc1. The van der Waals surface area contributed by atoms with Crippen LogP contribution in [-0.2, 0) is 30.8 Å². The predicted octanol–water partition coefficient (Wildman–Crippen LogP) is 2.47. The van der Waals surface area contributed by atoms with Crippen LogP contribution in [0, 0.1) is 0 Å². The van der Waals surface area contributed by atoms with Crippen LogP contribution in [0.2, 0.25) is 10.0 Å². The standard InChI is InChI=1S/C24H27Cl2N3O7S/c1-15(30)27-8-10-36-19-6-4-16(5-7-19)11-21(24(32)33)28-23(31)22-3-2-9-29(22)37(34,35)20-13-17(25)12-18(26)14-20/h4-7,12-14,21-22H,2-3,8-11H2,1H3,(H,27,30)(H,28,31)(H,32,33)/t21-,22-/m0/s1. The molecule has 13 heteroatoms. The van der Waals surface area contributed by atoms with E-state index < -0.39 is 34.0 Å². The summed E-state index contributed by atoms with van der Waals surface area (Å²) in [5, 5.41) is 15.1. The fourth-order valence-electron chi connectivity index (χ4n) is 3.92. The Labute approximate surface area is 224 Å². The van der Waals surface area contributed by atoms with Crippen LogP contribution in [-0.4, -0.2) is 67.4 Å². The summed E-state index contributed by atoms with van der Waals surface area (Å²) in [7, 11) is -4.09. The van der Waals surface area contributed by atoms with E-state index in [0.29, 0.717) is 24.3 Å². The Hall–Kier alpha value is -2.86. The highest BCUT2D eigenvalue weighted by atomic mass is 35.5. The molecule has 0 aromatic heterocycles. The number of amides is 2. The van der Waals surface area contributed by atoms with Gasteiger partial charge in [-0.1, -0.05) is 35.3 Å². The second kappa shape index (κ2) is 12.6. The third-order valence-electron chi connectivity index (χ3n) is 5.67. The number of carbonyl (C=O) groups is 3. The highest BCUT2D eigenvalue weighted by Crippen LogP contribution is 2.30. The highest BCUT2D eigenvalue weighted by Gasteiger charge is 2.40. The van der Waals surface area contributed by atoms with Crippen molar-refractivity contribution in [2.24, 2.45) is 0 Å². The molecule has 2 aromatic rings. The normalized spacial score (nSPS) is 16.7. The summed E-state index contributed by atoms with van der Waals surface area (Å²) < 4.78 is 33.0. The first-order valence-corrected chi connectivity index (χ1v) is 13.6. The smallest absolute Gasteiger partial charge is 0.326 e. The number of nitrogens with one attached hydrogen (secondary N) is 2. The van der Waals surface area contributed by atoms with Crippen molar-refractivity contribution in [1.82, 2.24) is 14.9 Å². The fourth-order valence-corrected chi connectivity index (χ4v) is 6.31. The Balaban J connectivity index is 1.66. The van der Waals surface area contributed by atoms with Crippen LogP contribution in [0.25, 0.3) is 0 Å². The molecule has 1 saturated heterocycles. The van der Waals surface area contributed by atoms with Gasteiger partial charge in [0, 0.05) is 29.9 Å². The molecular weight excluding hydrogens is 545 g/mol. The first-order chi connectivity index (χ1) is 17.5. The van der Waals surface area contributed by atoms with Gasteiger partial charge in [0.15, 0.2) is 0 Å². The highest BCUT2D eigenvalue weighted by molar-refractivity contribution is 7.89. The third-order valence-corrected chi connectivity index (χ3v) is 7.99. The first-order valence-electron chi connectivity index (χ1n) is 11.4. The summed E-state index contributed by atoms with van der Waals surface area (Å²) in [5.41, 5.74) is 0.631. The predicted molar refractivity (Wildman–Crippen MR) is 137 cm³/mol. The van der Waals surface area contributed by atoms with Gasteiger partial charge in [0.1, 0.15) is 24.4 Å². The van der Waals surface area contributed by atoms with Gasteiger partial charge in [-0.15, -0.1) is 0 Å². The molecule has 1 heterocycles. The molecule has 0 aliphatic carbocycles. The molecule has 0 radical (unpaired) electrons. The maximum Gasteiger partial charge on any atom is 0.326 e. The fraction of sp³-hybridized carbons (Fsp3) is 0.375. The van der Waals surface area contributed by atoms with Gasteiger partial charge in [-0.25, -0.2) is 13.2 Å². The second-order valence-electron chi connectivity index (χ2n) is 8.46. The molecule has 2 aromatic carbocycles. The van der Waals surface area contributed by atoms with Crippen LogP contribution >= 0.6 is 23.2 Å². The molecule has 200 valence electrons.